The molecule has 0 aromatic heterocycles. The van der Waals surface area contributed by atoms with Crippen LogP contribution in [0.15, 0.2) is 133 Å². The van der Waals surface area contributed by atoms with Gasteiger partial charge in [-0.15, -0.1) is 0 Å². The molecule has 1 saturated carbocycles. The van der Waals surface area contributed by atoms with Gasteiger partial charge in [-0.1, -0.05) is 120 Å². The Balaban J connectivity index is 1.54. The van der Waals surface area contributed by atoms with Gasteiger partial charge in [-0.25, -0.2) is 4.90 Å². The minimum absolute atomic E-state index is 0.148. The highest BCUT2D eigenvalue weighted by atomic mass is 16.2. The summed E-state index contributed by atoms with van der Waals surface area (Å²) in [7, 11) is 0. The van der Waals surface area contributed by atoms with E-state index in [-0.39, 0.29) is 5.78 Å². The van der Waals surface area contributed by atoms with Gasteiger partial charge < -0.3 is 0 Å². The van der Waals surface area contributed by atoms with Crippen LogP contribution in [0.5, 0.6) is 0 Å². The third-order valence-corrected chi connectivity index (χ3v) is 10.4. The second-order valence-electron chi connectivity index (χ2n) is 12.8. The summed E-state index contributed by atoms with van der Waals surface area (Å²) in [6.07, 6.45) is 0. The van der Waals surface area contributed by atoms with Crippen molar-refractivity contribution in [2.45, 2.75) is 24.7 Å². The Kier molecular flexibility index (Phi) is 6.29. The van der Waals surface area contributed by atoms with E-state index in [0.29, 0.717) is 22.4 Å². The Hall–Kier alpha value is -5.86. The predicted octanol–water partition coefficient (Wildman–Crippen LogP) is 7.36. The first-order chi connectivity index (χ1) is 22.8. The Labute approximate surface area is 273 Å². The molecule has 5 heteroatoms. The monoisotopic (exact) mass is 610 g/mol. The van der Waals surface area contributed by atoms with Gasteiger partial charge in [0.15, 0.2) is 5.78 Å². The summed E-state index contributed by atoms with van der Waals surface area (Å²) in [5.74, 6) is -2.96. The fraction of sp³-hybridized carbons (Fsp3) is 0.143. The Bertz CT molecular complexity index is 2040. The second-order valence-corrected chi connectivity index (χ2v) is 12.8. The topological polar surface area (TPSA) is 78.2 Å². The summed E-state index contributed by atoms with van der Waals surface area (Å²) < 4.78 is 0. The highest BCUT2D eigenvalue weighted by molar-refractivity contribution is 6.39. The molecule has 4 atom stereocenters. The number of carbonyl (C=O) groups excluding carboxylic acids is 3. The molecule has 5 nitrogen and oxygen atoms in total. The van der Waals surface area contributed by atoms with E-state index in [1.54, 1.807) is 24.3 Å². The number of nitrogens with zero attached hydrogens (tertiary/aromatic N) is 2. The van der Waals surface area contributed by atoms with Gasteiger partial charge in [0.2, 0.25) is 11.8 Å². The van der Waals surface area contributed by atoms with Crippen LogP contribution in [0.25, 0.3) is 11.1 Å². The lowest BCUT2D eigenvalue weighted by Gasteiger charge is -2.39. The van der Waals surface area contributed by atoms with Crippen LogP contribution in [0.1, 0.15) is 38.9 Å². The molecule has 0 spiro atoms. The van der Waals surface area contributed by atoms with Crippen molar-refractivity contribution in [1.29, 1.82) is 5.26 Å². The molecule has 1 aliphatic heterocycles. The maximum absolute atomic E-state index is 15.9. The zero-order valence-electron chi connectivity index (χ0n) is 26.0. The molecule has 2 amide bonds. The molecule has 1 saturated heterocycles. The van der Waals surface area contributed by atoms with E-state index >= 15 is 14.4 Å². The molecule has 2 bridgehead atoms. The van der Waals surface area contributed by atoms with Gasteiger partial charge in [0.05, 0.1) is 40.0 Å². The number of allylic oxidation sites excluding steroid dienone is 2. The standard InChI is InChI=1S/C42H30N2O3/c1-26-13-19-29(20-14-26)34-35(30-21-15-27(2)16-22-30)42(32-11-7-4-8-12-32)37-36(41(34,40(42)47)31-9-5-3-6-10-31)38(45)44(39(37)46)33-23-17-28(25-43)18-24-33/h3-24,36-37H,1-2H3/t36-,37-,41+,42+/m0/s1. The third-order valence-electron chi connectivity index (χ3n) is 10.4. The fourth-order valence-corrected chi connectivity index (χ4v) is 8.50. The zero-order chi connectivity index (χ0) is 32.5. The van der Waals surface area contributed by atoms with Crippen LogP contribution in [-0.4, -0.2) is 17.6 Å². The molecule has 0 unspecified atom stereocenters. The van der Waals surface area contributed by atoms with Crippen LogP contribution < -0.4 is 4.90 Å². The van der Waals surface area contributed by atoms with Crippen molar-refractivity contribution in [3.8, 4) is 6.07 Å². The third kappa shape index (κ3) is 3.67. The average Bonchev–Trinajstić information content (AvgIpc) is 3.62. The molecular weight excluding hydrogens is 580 g/mol. The van der Waals surface area contributed by atoms with Gasteiger partial charge in [-0.3, -0.25) is 14.4 Å². The number of amides is 2. The molecular formula is C42H30N2O3. The van der Waals surface area contributed by atoms with E-state index < -0.39 is 34.5 Å². The van der Waals surface area contributed by atoms with E-state index in [0.717, 1.165) is 33.4 Å². The largest absolute Gasteiger partial charge is 0.297 e. The number of benzene rings is 5. The van der Waals surface area contributed by atoms with Gasteiger partial charge in [0.1, 0.15) is 0 Å². The van der Waals surface area contributed by atoms with Crippen LogP contribution in [0.4, 0.5) is 5.69 Å². The number of ketones is 1. The van der Waals surface area contributed by atoms with Crippen LogP contribution in [0, 0.1) is 37.0 Å². The van der Waals surface area contributed by atoms with Gasteiger partial charge in [0.25, 0.3) is 0 Å². The SMILES string of the molecule is Cc1ccc(C2=C(c3ccc(C)cc3)[C@@]3(c4ccccc4)C(=O)[C@@]2(c2ccccc2)[C@@H]2C(=O)N(c4ccc(C#N)cc4)C(=O)[C@H]23)cc1. The van der Waals surface area contributed by atoms with Gasteiger partial charge in [-0.05, 0) is 71.5 Å². The number of anilines is 1. The van der Waals surface area contributed by atoms with Crippen LogP contribution in [0.3, 0.4) is 0 Å². The van der Waals surface area contributed by atoms with Crippen molar-refractivity contribution >= 4 is 34.4 Å². The minimum atomic E-state index is -1.45. The highest BCUT2D eigenvalue weighted by Crippen LogP contribution is 2.74. The number of Topliss-reactive ketones (excluding diaryl/α,β-unsaturated/α-hetero) is 1. The Morgan fingerprint density at radius 3 is 1.34 bits per heavy atom. The molecule has 5 aromatic carbocycles. The average molecular weight is 611 g/mol. The number of hydrogen-bond acceptors (Lipinski definition) is 4. The summed E-state index contributed by atoms with van der Waals surface area (Å²) in [5.41, 5.74) is 4.67. The summed E-state index contributed by atoms with van der Waals surface area (Å²) in [4.78, 5) is 47.2. The molecule has 2 fully saturated rings. The second kappa shape index (κ2) is 10.3. The molecule has 3 aliphatic rings. The predicted molar refractivity (Wildman–Crippen MR) is 181 cm³/mol. The van der Waals surface area contributed by atoms with E-state index in [4.69, 9.17) is 0 Å². The first-order valence-corrected chi connectivity index (χ1v) is 15.8. The van der Waals surface area contributed by atoms with Crippen LogP contribution in [-0.2, 0) is 25.2 Å². The number of hydrogen-bond donors (Lipinski definition) is 0. The fourth-order valence-electron chi connectivity index (χ4n) is 8.50. The lowest BCUT2D eigenvalue weighted by atomic mass is 9.59. The molecule has 0 radical (unpaired) electrons. The van der Waals surface area contributed by atoms with Crippen molar-refractivity contribution in [3.63, 3.8) is 0 Å². The first-order valence-electron chi connectivity index (χ1n) is 15.8. The molecule has 226 valence electrons. The molecule has 1 heterocycles. The van der Waals surface area contributed by atoms with Crippen LogP contribution >= 0.6 is 0 Å². The van der Waals surface area contributed by atoms with E-state index in [1.807, 2.05) is 123 Å². The van der Waals surface area contributed by atoms with Crippen molar-refractivity contribution in [1.82, 2.24) is 0 Å². The number of carbonyl (C=O) groups is 3. The summed E-state index contributed by atoms with van der Waals surface area (Å²) >= 11 is 0. The van der Waals surface area contributed by atoms with Crippen molar-refractivity contribution in [2.24, 2.45) is 11.8 Å². The maximum atomic E-state index is 15.9. The Morgan fingerprint density at radius 1 is 0.553 bits per heavy atom. The maximum Gasteiger partial charge on any atom is 0.239 e. The van der Waals surface area contributed by atoms with Crippen molar-refractivity contribution in [2.75, 3.05) is 4.90 Å². The van der Waals surface area contributed by atoms with Crippen LogP contribution in [0.2, 0.25) is 0 Å². The molecule has 0 N–H and O–H groups in total. The lowest BCUT2D eigenvalue weighted by Crippen LogP contribution is -2.45. The first kappa shape index (κ1) is 28.6. The number of aryl methyl sites for hydroxylation is 2. The number of rotatable bonds is 5. The molecule has 8 rings (SSSR count). The van der Waals surface area contributed by atoms with Gasteiger partial charge in [-0.2, -0.15) is 5.26 Å². The van der Waals surface area contributed by atoms with E-state index in [1.165, 1.54) is 4.90 Å². The van der Waals surface area contributed by atoms with Gasteiger partial charge >= 0.3 is 0 Å². The zero-order valence-corrected chi connectivity index (χ0v) is 26.0. The molecule has 47 heavy (non-hydrogen) atoms. The smallest absolute Gasteiger partial charge is 0.239 e. The quantitative estimate of drug-likeness (QED) is 0.195. The van der Waals surface area contributed by atoms with Crippen molar-refractivity contribution in [3.05, 3.63) is 172 Å². The number of fused-ring (bicyclic) bond motifs is 5. The minimum Gasteiger partial charge on any atom is -0.297 e. The Morgan fingerprint density at radius 2 is 0.957 bits per heavy atom. The van der Waals surface area contributed by atoms with Gasteiger partial charge in [0, 0.05) is 0 Å². The number of nitriles is 1. The number of imide groups is 1. The summed E-state index contributed by atoms with van der Waals surface area (Å²) in [5, 5.41) is 9.42. The normalized spacial score (nSPS) is 24.5. The highest BCUT2D eigenvalue weighted by Gasteiger charge is 2.82. The lowest BCUT2D eigenvalue weighted by molar-refractivity contribution is -0.130. The van der Waals surface area contributed by atoms with E-state index in [9.17, 15) is 5.26 Å². The summed E-state index contributed by atoms with van der Waals surface area (Å²) in [6.45, 7) is 4.04. The van der Waals surface area contributed by atoms with E-state index in [2.05, 4.69) is 6.07 Å². The van der Waals surface area contributed by atoms with Crippen molar-refractivity contribution < 1.29 is 14.4 Å². The molecule has 2 aliphatic carbocycles. The molecule has 5 aromatic rings. The summed E-state index contributed by atoms with van der Waals surface area (Å²) in [6, 6.07) is 43.9.